The number of aromatic nitrogens is 1. The topological polar surface area (TPSA) is 74.3 Å². The Labute approximate surface area is 202 Å². The van der Waals surface area contributed by atoms with E-state index >= 15 is 0 Å². The van der Waals surface area contributed by atoms with E-state index in [0.29, 0.717) is 19.5 Å². The number of carbonyl (C=O) groups excluding carboxylic acids is 2. The van der Waals surface area contributed by atoms with Crippen LogP contribution in [0.15, 0.2) is 29.8 Å². The number of thiazole rings is 1. The Morgan fingerprint density at radius 3 is 2.36 bits per heavy atom. The van der Waals surface area contributed by atoms with E-state index in [1.54, 1.807) is 16.2 Å². The first kappa shape index (κ1) is 25.4. The van der Waals surface area contributed by atoms with Gasteiger partial charge in [-0.2, -0.15) is 0 Å². The van der Waals surface area contributed by atoms with E-state index < -0.39 is 6.04 Å². The second-order valence-electron chi connectivity index (χ2n) is 11.1. The summed E-state index contributed by atoms with van der Waals surface area (Å²) in [6.45, 7) is 15.5. The Bertz CT molecular complexity index is 969. The summed E-state index contributed by atoms with van der Waals surface area (Å²) < 4.78 is 0. The summed E-state index contributed by atoms with van der Waals surface area (Å²) in [6.07, 6.45) is 1.55. The van der Waals surface area contributed by atoms with Gasteiger partial charge in [-0.15, -0.1) is 11.3 Å². The van der Waals surface area contributed by atoms with E-state index in [-0.39, 0.29) is 28.8 Å². The lowest BCUT2D eigenvalue weighted by atomic mass is 9.84. The minimum absolute atomic E-state index is 0.0133. The highest BCUT2D eigenvalue weighted by Gasteiger charge is 2.42. The van der Waals surface area contributed by atoms with E-state index in [9.17, 15) is 9.59 Å². The predicted molar refractivity (Wildman–Crippen MR) is 135 cm³/mol. The van der Waals surface area contributed by atoms with E-state index in [0.717, 1.165) is 23.2 Å². The molecule has 0 spiro atoms. The van der Waals surface area contributed by atoms with Crippen LogP contribution >= 0.6 is 11.3 Å². The van der Waals surface area contributed by atoms with Crippen molar-refractivity contribution in [2.45, 2.75) is 85.5 Å². The smallest absolute Gasteiger partial charge is 0.243 e. The molecule has 1 fully saturated rings. The summed E-state index contributed by atoms with van der Waals surface area (Å²) in [7, 11) is 0. The zero-order valence-electron chi connectivity index (χ0n) is 21.0. The second-order valence-corrected chi connectivity index (χ2v) is 11.9. The van der Waals surface area contributed by atoms with Crippen molar-refractivity contribution in [1.82, 2.24) is 20.5 Å². The molecule has 7 heteroatoms. The minimum Gasteiger partial charge on any atom is -0.350 e. The molecule has 3 rings (SSSR count). The highest BCUT2D eigenvalue weighted by atomic mass is 32.1. The Kier molecular flexibility index (Phi) is 7.64. The van der Waals surface area contributed by atoms with Crippen LogP contribution in [0, 0.1) is 12.3 Å². The SMILES string of the molecule is Cc1ncsc1-c1ccc(CNC(=O)C2CCCN2C(=O)[C@H](NC(C)(C)C)C(C)(C)C)cc1. The first-order chi connectivity index (χ1) is 15.4. The van der Waals surface area contributed by atoms with E-state index in [4.69, 9.17) is 0 Å². The van der Waals surface area contributed by atoms with Crippen LogP contribution in [0.2, 0.25) is 0 Å². The number of carbonyl (C=O) groups is 2. The predicted octanol–water partition coefficient (Wildman–Crippen LogP) is 4.53. The van der Waals surface area contributed by atoms with Crippen LogP contribution < -0.4 is 10.6 Å². The van der Waals surface area contributed by atoms with Gasteiger partial charge >= 0.3 is 0 Å². The summed E-state index contributed by atoms with van der Waals surface area (Å²) in [5.41, 5.74) is 4.60. The van der Waals surface area contributed by atoms with Crippen molar-refractivity contribution < 1.29 is 9.59 Å². The molecule has 2 atom stereocenters. The number of nitrogens with one attached hydrogen (secondary N) is 2. The lowest BCUT2D eigenvalue weighted by Crippen LogP contribution is -2.60. The molecule has 6 nitrogen and oxygen atoms in total. The minimum atomic E-state index is -0.414. The van der Waals surface area contributed by atoms with Gasteiger partial charge in [-0.25, -0.2) is 4.98 Å². The third kappa shape index (κ3) is 6.42. The third-order valence-electron chi connectivity index (χ3n) is 5.96. The summed E-state index contributed by atoms with van der Waals surface area (Å²) in [6, 6.07) is 7.44. The number of amides is 2. The molecule has 1 aromatic carbocycles. The van der Waals surface area contributed by atoms with Gasteiger partial charge in [0.25, 0.3) is 0 Å². The molecule has 33 heavy (non-hydrogen) atoms. The molecule has 1 saturated heterocycles. The molecule has 2 heterocycles. The molecule has 180 valence electrons. The van der Waals surface area contributed by atoms with Gasteiger partial charge in [-0.05, 0) is 57.1 Å². The van der Waals surface area contributed by atoms with Crippen LogP contribution in [0.5, 0.6) is 0 Å². The number of likely N-dealkylation sites (tertiary alicyclic amines) is 1. The number of rotatable bonds is 6. The number of hydrogen-bond acceptors (Lipinski definition) is 5. The van der Waals surface area contributed by atoms with Gasteiger partial charge < -0.3 is 15.5 Å². The molecule has 0 bridgehead atoms. The Balaban J connectivity index is 1.64. The fraction of sp³-hybridized carbons (Fsp3) is 0.577. The van der Waals surface area contributed by atoms with Crippen LogP contribution in [0.4, 0.5) is 0 Å². The third-order valence-corrected chi connectivity index (χ3v) is 6.93. The van der Waals surface area contributed by atoms with Crippen LogP contribution in [0.1, 0.15) is 65.6 Å². The molecule has 0 radical (unpaired) electrons. The molecule has 2 aromatic rings. The van der Waals surface area contributed by atoms with Crippen molar-refractivity contribution in [1.29, 1.82) is 0 Å². The van der Waals surface area contributed by atoms with Gasteiger partial charge in [0.2, 0.25) is 11.8 Å². The van der Waals surface area contributed by atoms with Crippen molar-refractivity contribution in [3.63, 3.8) is 0 Å². The number of aryl methyl sites for hydroxylation is 1. The first-order valence-electron chi connectivity index (χ1n) is 11.7. The monoisotopic (exact) mass is 470 g/mol. The van der Waals surface area contributed by atoms with Crippen LogP contribution in [0.3, 0.4) is 0 Å². The molecule has 1 unspecified atom stereocenters. The fourth-order valence-electron chi connectivity index (χ4n) is 4.21. The zero-order valence-corrected chi connectivity index (χ0v) is 21.8. The molecule has 0 saturated carbocycles. The molecule has 0 aliphatic carbocycles. The molecular weight excluding hydrogens is 432 g/mol. The van der Waals surface area contributed by atoms with Crippen molar-refractivity contribution in [3.05, 3.63) is 41.0 Å². The van der Waals surface area contributed by atoms with Crippen molar-refractivity contribution in [2.75, 3.05) is 6.54 Å². The highest BCUT2D eigenvalue weighted by molar-refractivity contribution is 7.13. The Morgan fingerprint density at radius 2 is 1.82 bits per heavy atom. The van der Waals surface area contributed by atoms with E-state index in [1.165, 1.54) is 4.88 Å². The molecule has 2 amide bonds. The van der Waals surface area contributed by atoms with Crippen molar-refractivity contribution >= 4 is 23.2 Å². The molecule has 1 aliphatic heterocycles. The van der Waals surface area contributed by atoms with Gasteiger partial charge in [0.05, 0.1) is 22.1 Å². The molecular formula is C26H38N4O2S. The van der Waals surface area contributed by atoms with Crippen LogP contribution in [-0.2, 0) is 16.1 Å². The fourth-order valence-corrected chi connectivity index (χ4v) is 5.02. The quantitative estimate of drug-likeness (QED) is 0.651. The maximum absolute atomic E-state index is 13.5. The average molecular weight is 471 g/mol. The molecule has 1 aromatic heterocycles. The lowest BCUT2D eigenvalue weighted by Gasteiger charge is -2.39. The maximum Gasteiger partial charge on any atom is 0.243 e. The van der Waals surface area contributed by atoms with E-state index in [2.05, 4.69) is 69.3 Å². The van der Waals surface area contributed by atoms with Crippen molar-refractivity contribution in [2.24, 2.45) is 5.41 Å². The Morgan fingerprint density at radius 1 is 1.15 bits per heavy atom. The zero-order chi connectivity index (χ0) is 24.4. The number of benzene rings is 1. The largest absolute Gasteiger partial charge is 0.350 e. The number of nitrogens with zero attached hydrogens (tertiary/aromatic N) is 2. The van der Waals surface area contributed by atoms with Crippen molar-refractivity contribution in [3.8, 4) is 10.4 Å². The highest BCUT2D eigenvalue weighted by Crippen LogP contribution is 2.28. The normalized spacial score (nSPS) is 17.8. The standard InChI is InChI=1S/C26H38N4O2S/c1-17-21(33-16-28-17)19-12-10-18(11-13-19)15-27-23(31)20-9-8-14-30(20)24(32)22(25(2,3)4)29-26(5,6)7/h10-13,16,20,22,29H,8-9,14-15H2,1-7H3,(H,27,31)/t20?,22-/m0/s1. The second kappa shape index (κ2) is 9.94. The molecule has 1 aliphatic rings. The first-order valence-corrected chi connectivity index (χ1v) is 12.6. The van der Waals surface area contributed by atoms with Gasteiger partial charge in [0.15, 0.2) is 0 Å². The van der Waals surface area contributed by atoms with Crippen LogP contribution in [-0.4, -0.2) is 45.9 Å². The molecule has 2 N–H and O–H groups in total. The van der Waals surface area contributed by atoms with Gasteiger partial charge in [-0.1, -0.05) is 45.0 Å². The van der Waals surface area contributed by atoms with Gasteiger partial charge in [-0.3, -0.25) is 9.59 Å². The maximum atomic E-state index is 13.5. The Hall–Kier alpha value is -2.25. The summed E-state index contributed by atoms with van der Waals surface area (Å²) in [5.74, 6) is -0.0639. The number of hydrogen-bond donors (Lipinski definition) is 2. The summed E-state index contributed by atoms with van der Waals surface area (Å²) in [4.78, 5) is 33.8. The van der Waals surface area contributed by atoms with E-state index in [1.807, 2.05) is 24.6 Å². The average Bonchev–Trinajstić information content (AvgIpc) is 3.38. The van der Waals surface area contributed by atoms with Gasteiger partial charge in [0, 0.05) is 18.6 Å². The summed E-state index contributed by atoms with van der Waals surface area (Å²) >= 11 is 1.63. The van der Waals surface area contributed by atoms with Gasteiger partial charge in [0.1, 0.15) is 6.04 Å². The lowest BCUT2D eigenvalue weighted by molar-refractivity contribution is -0.142. The summed E-state index contributed by atoms with van der Waals surface area (Å²) in [5, 5.41) is 6.54. The van der Waals surface area contributed by atoms with Crippen LogP contribution in [0.25, 0.3) is 10.4 Å².